The molecule has 0 atom stereocenters. The van der Waals surface area contributed by atoms with Crippen LogP contribution in [0.25, 0.3) is 11.1 Å². The van der Waals surface area contributed by atoms with Crippen molar-refractivity contribution >= 4 is 0 Å². The lowest BCUT2D eigenvalue weighted by atomic mass is 9.99. The summed E-state index contributed by atoms with van der Waals surface area (Å²) in [6.07, 6.45) is 1.90. The minimum Gasteiger partial charge on any atom is -0.507 e. The number of hydrogen-bond donors (Lipinski definition) is 1. The Kier molecular flexibility index (Phi) is 3.48. The van der Waals surface area contributed by atoms with E-state index in [1.54, 1.807) is 0 Å². The van der Waals surface area contributed by atoms with Gasteiger partial charge in [-0.3, -0.25) is 0 Å². The lowest BCUT2D eigenvalue weighted by molar-refractivity contribution is 0.471. The topological polar surface area (TPSA) is 20.2 Å². The Morgan fingerprint density at radius 1 is 0.882 bits per heavy atom. The first-order valence-electron chi connectivity index (χ1n) is 6.16. The molecular weight excluding hydrogens is 208 g/mol. The van der Waals surface area contributed by atoms with Gasteiger partial charge in [0.05, 0.1) is 0 Å². The zero-order valence-corrected chi connectivity index (χ0v) is 10.4. The second-order valence-electron chi connectivity index (χ2n) is 4.22. The highest BCUT2D eigenvalue weighted by Crippen LogP contribution is 2.32. The Labute approximate surface area is 103 Å². The molecule has 0 saturated carbocycles. The van der Waals surface area contributed by atoms with E-state index in [1.807, 2.05) is 18.2 Å². The number of phenols is 1. The SMILES string of the molecule is CCc1ccc(-c2cccc(CC)c2O)cc1. The minimum absolute atomic E-state index is 0.416. The molecule has 1 heteroatoms. The number of rotatable bonds is 3. The van der Waals surface area contributed by atoms with Gasteiger partial charge >= 0.3 is 0 Å². The first-order valence-corrected chi connectivity index (χ1v) is 6.16. The van der Waals surface area contributed by atoms with Crippen molar-refractivity contribution in [1.82, 2.24) is 0 Å². The summed E-state index contributed by atoms with van der Waals surface area (Å²) in [5.74, 6) is 0.416. The Bertz CT molecular complexity index is 497. The summed E-state index contributed by atoms with van der Waals surface area (Å²) in [4.78, 5) is 0. The fourth-order valence-corrected chi connectivity index (χ4v) is 2.03. The molecule has 0 aliphatic heterocycles. The van der Waals surface area contributed by atoms with E-state index in [-0.39, 0.29) is 0 Å². The van der Waals surface area contributed by atoms with Crippen LogP contribution in [0, 0.1) is 0 Å². The molecule has 2 aromatic carbocycles. The molecule has 0 unspecified atom stereocenters. The Balaban J connectivity index is 2.45. The van der Waals surface area contributed by atoms with Gasteiger partial charge in [-0.1, -0.05) is 56.3 Å². The van der Waals surface area contributed by atoms with Crippen LogP contribution in [0.1, 0.15) is 25.0 Å². The standard InChI is InChI=1S/C16H18O/c1-3-12-8-10-14(11-9-12)15-7-5-6-13(4-2)16(15)17/h5-11,17H,3-4H2,1-2H3. The first kappa shape index (κ1) is 11.7. The molecule has 0 bridgehead atoms. The van der Waals surface area contributed by atoms with Gasteiger partial charge in [0, 0.05) is 5.56 Å². The highest BCUT2D eigenvalue weighted by atomic mass is 16.3. The maximum Gasteiger partial charge on any atom is 0.126 e. The normalized spacial score (nSPS) is 10.5. The number of benzene rings is 2. The van der Waals surface area contributed by atoms with Gasteiger partial charge in [0.2, 0.25) is 0 Å². The third-order valence-electron chi connectivity index (χ3n) is 3.17. The Morgan fingerprint density at radius 2 is 1.59 bits per heavy atom. The van der Waals surface area contributed by atoms with Crippen LogP contribution < -0.4 is 0 Å². The molecule has 0 spiro atoms. The summed E-state index contributed by atoms with van der Waals surface area (Å²) >= 11 is 0. The van der Waals surface area contributed by atoms with E-state index in [2.05, 4.69) is 38.1 Å². The molecule has 88 valence electrons. The molecule has 0 aromatic heterocycles. The van der Waals surface area contributed by atoms with E-state index in [0.717, 1.165) is 29.5 Å². The predicted octanol–water partition coefficient (Wildman–Crippen LogP) is 4.18. The van der Waals surface area contributed by atoms with Crippen LogP contribution in [0.3, 0.4) is 0 Å². The average Bonchev–Trinajstić information content (AvgIpc) is 2.39. The quantitative estimate of drug-likeness (QED) is 0.832. The van der Waals surface area contributed by atoms with Crippen LogP contribution in [0.5, 0.6) is 5.75 Å². The van der Waals surface area contributed by atoms with Crippen LogP contribution in [0.4, 0.5) is 0 Å². The number of aromatic hydroxyl groups is 1. The van der Waals surface area contributed by atoms with Crippen molar-refractivity contribution in [2.24, 2.45) is 0 Å². The van der Waals surface area contributed by atoms with E-state index in [9.17, 15) is 5.11 Å². The molecule has 0 aliphatic rings. The van der Waals surface area contributed by atoms with Crippen molar-refractivity contribution in [3.8, 4) is 16.9 Å². The molecule has 0 radical (unpaired) electrons. The predicted molar refractivity (Wildman–Crippen MR) is 72.3 cm³/mol. The van der Waals surface area contributed by atoms with Crippen molar-refractivity contribution < 1.29 is 5.11 Å². The molecule has 2 aromatic rings. The smallest absolute Gasteiger partial charge is 0.126 e. The molecule has 0 amide bonds. The highest BCUT2D eigenvalue weighted by molar-refractivity contribution is 5.71. The molecule has 1 nitrogen and oxygen atoms in total. The number of phenolic OH excluding ortho intramolecular Hbond substituents is 1. The van der Waals surface area contributed by atoms with Crippen molar-refractivity contribution in [3.63, 3.8) is 0 Å². The summed E-state index contributed by atoms with van der Waals surface area (Å²) in [5, 5.41) is 10.2. The average molecular weight is 226 g/mol. The Morgan fingerprint density at radius 3 is 2.18 bits per heavy atom. The van der Waals surface area contributed by atoms with Crippen LogP contribution >= 0.6 is 0 Å². The summed E-state index contributed by atoms with van der Waals surface area (Å²) in [5.41, 5.74) is 4.32. The molecule has 2 rings (SSSR count). The highest BCUT2D eigenvalue weighted by Gasteiger charge is 2.07. The zero-order chi connectivity index (χ0) is 12.3. The molecule has 0 heterocycles. The van der Waals surface area contributed by atoms with E-state index in [0.29, 0.717) is 5.75 Å². The lowest BCUT2D eigenvalue weighted by Gasteiger charge is -2.09. The van der Waals surface area contributed by atoms with Gasteiger partial charge in [0.1, 0.15) is 5.75 Å². The van der Waals surface area contributed by atoms with Crippen LogP contribution in [-0.2, 0) is 12.8 Å². The first-order chi connectivity index (χ1) is 8.26. The molecule has 1 N–H and O–H groups in total. The maximum absolute atomic E-state index is 10.2. The second-order valence-corrected chi connectivity index (χ2v) is 4.22. The van der Waals surface area contributed by atoms with Crippen LogP contribution in [0.15, 0.2) is 42.5 Å². The number of hydrogen-bond acceptors (Lipinski definition) is 1. The summed E-state index contributed by atoms with van der Waals surface area (Å²) in [6, 6.07) is 14.3. The molecular formula is C16H18O. The molecule has 0 saturated heterocycles. The fraction of sp³-hybridized carbons (Fsp3) is 0.250. The lowest BCUT2D eigenvalue weighted by Crippen LogP contribution is -1.86. The Hall–Kier alpha value is -1.76. The van der Waals surface area contributed by atoms with E-state index in [1.165, 1.54) is 5.56 Å². The summed E-state index contributed by atoms with van der Waals surface area (Å²) in [6.45, 7) is 4.20. The van der Waals surface area contributed by atoms with Gasteiger partial charge in [0.15, 0.2) is 0 Å². The minimum atomic E-state index is 0.416. The molecule has 0 aliphatic carbocycles. The van der Waals surface area contributed by atoms with Gasteiger partial charge < -0.3 is 5.11 Å². The third-order valence-corrected chi connectivity index (χ3v) is 3.17. The zero-order valence-electron chi connectivity index (χ0n) is 10.4. The van der Waals surface area contributed by atoms with Gasteiger partial charge in [-0.25, -0.2) is 0 Å². The van der Waals surface area contributed by atoms with Crippen LogP contribution in [-0.4, -0.2) is 5.11 Å². The summed E-state index contributed by atoms with van der Waals surface area (Å²) in [7, 11) is 0. The van der Waals surface area contributed by atoms with Gasteiger partial charge in [-0.15, -0.1) is 0 Å². The fourth-order valence-electron chi connectivity index (χ4n) is 2.03. The third kappa shape index (κ3) is 2.33. The number of aryl methyl sites for hydroxylation is 2. The maximum atomic E-state index is 10.2. The van der Waals surface area contributed by atoms with E-state index < -0.39 is 0 Å². The van der Waals surface area contributed by atoms with Crippen molar-refractivity contribution in [2.45, 2.75) is 26.7 Å². The largest absolute Gasteiger partial charge is 0.507 e. The van der Waals surface area contributed by atoms with E-state index >= 15 is 0 Å². The molecule has 0 fully saturated rings. The summed E-state index contributed by atoms with van der Waals surface area (Å²) < 4.78 is 0. The van der Waals surface area contributed by atoms with Crippen molar-refractivity contribution in [3.05, 3.63) is 53.6 Å². The molecule has 17 heavy (non-hydrogen) atoms. The number of para-hydroxylation sites is 1. The van der Waals surface area contributed by atoms with Gasteiger partial charge in [-0.05, 0) is 29.5 Å². The monoisotopic (exact) mass is 226 g/mol. The van der Waals surface area contributed by atoms with Gasteiger partial charge in [-0.2, -0.15) is 0 Å². The van der Waals surface area contributed by atoms with Crippen molar-refractivity contribution in [2.75, 3.05) is 0 Å². The van der Waals surface area contributed by atoms with Crippen LogP contribution in [0.2, 0.25) is 0 Å². The van der Waals surface area contributed by atoms with Gasteiger partial charge in [0.25, 0.3) is 0 Å². The van der Waals surface area contributed by atoms with Crippen molar-refractivity contribution in [1.29, 1.82) is 0 Å². The van der Waals surface area contributed by atoms with E-state index in [4.69, 9.17) is 0 Å². The second kappa shape index (κ2) is 5.05.